The van der Waals surface area contributed by atoms with Gasteiger partial charge in [-0.05, 0) is 35.4 Å². The number of nitrogens with one attached hydrogen (secondary N) is 1. The first kappa shape index (κ1) is 29.7. The van der Waals surface area contributed by atoms with E-state index in [0.29, 0.717) is 17.9 Å². The molecule has 1 aliphatic heterocycles. The van der Waals surface area contributed by atoms with Gasteiger partial charge in [-0.1, -0.05) is 67.6 Å². The van der Waals surface area contributed by atoms with Gasteiger partial charge in [0.25, 0.3) is 0 Å². The highest BCUT2D eigenvalue weighted by Crippen LogP contribution is 2.14. The summed E-state index contributed by atoms with van der Waals surface area (Å²) in [5.41, 5.74) is 1.67. The summed E-state index contributed by atoms with van der Waals surface area (Å²) in [5, 5.41) is 2.49. The third-order valence-electron chi connectivity index (χ3n) is 5.66. The molecule has 1 fully saturated rings. The predicted molar refractivity (Wildman–Crippen MR) is 145 cm³/mol. The van der Waals surface area contributed by atoms with E-state index in [-0.39, 0.29) is 38.2 Å². The van der Waals surface area contributed by atoms with Crippen molar-refractivity contribution in [1.82, 2.24) is 10.2 Å². The summed E-state index contributed by atoms with van der Waals surface area (Å²) < 4.78 is 20.2. The van der Waals surface area contributed by atoms with E-state index >= 15 is 0 Å². The molecular formula is C30H32N2O8. The summed E-state index contributed by atoms with van der Waals surface area (Å²) in [4.78, 5) is 47.9. The molecule has 4 rings (SSSR count). The Morgan fingerprint density at radius 1 is 0.800 bits per heavy atom. The molecule has 0 radical (unpaired) electrons. The van der Waals surface area contributed by atoms with Gasteiger partial charge >= 0.3 is 18.0 Å². The molecule has 1 unspecified atom stereocenters. The average molecular weight is 549 g/mol. The van der Waals surface area contributed by atoms with E-state index < -0.39 is 18.1 Å². The molecule has 0 bridgehead atoms. The first-order chi connectivity index (χ1) is 19.4. The smallest absolute Gasteiger partial charge is 0.408 e. The van der Waals surface area contributed by atoms with Crippen LogP contribution in [-0.2, 0) is 37.1 Å². The number of benzene rings is 3. The SMILES string of the molecule is CCC(=O)Oc1ccccc1.COc1ccc(COC(=O)CN2CC(NC(=O)OCc3ccccc3)C2=O)cc1. The zero-order valence-electron chi connectivity index (χ0n) is 22.4. The second-order valence-corrected chi connectivity index (χ2v) is 8.63. The molecule has 1 heterocycles. The van der Waals surface area contributed by atoms with Crippen LogP contribution in [0.1, 0.15) is 24.5 Å². The van der Waals surface area contributed by atoms with E-state index in [9.17, 15) is 19.2 Å². The number of alkyl carbamates (subject to hydrolysis) is 1. The van der Waals surface area contributed by atoms with E-state index in [1.165, 1.54) is 4.90 Å². The lowest BCUT2D eigenvalue weighted by atomic mass is 10.1. The molecule has 1 atom stereocenters. The number of carbonyl (C=O) groups is 4. The maximum atomic E-state index is 12.1. The van der Waals surface area contributed by atoms with Crippen LogP contribution in [0.3, 0.4) is 0 Å². The summed E-state index contributed by atoms with van der Waals surface area (Å²) in [5.74, 6) is 0.268. The van der Waals surface area contributed by atoms with Crippen LogP contribution < -0.4 is 14.8 Å². The monoisotopic (exact) mass is 548 g/mol. The molecule has 0 spiro atoms. The van der Waals surface area contributed by atoms with Crippen molar-refractivity contribution in [3.05, 3.63) is 96.1 Å². The van der Waals surface area contributed by atoms with Gasteiger partial charge in [-0.25, -0.2) is 4.79 Å². The first-order valence-electron chi connectivity index (χ1n) is 12.7. The van der Waals surface area contributed by atoms with Crippen molar-refractivity contribution in [3.8, 4) is 11.5 Å². The fourth-order valence-corrected chi connectivity index (χ4v) is 3.43. The lowest BCUT2D eigenvalue weighted by Gasteiger charge is -2.37. The minimum absolute atomic E-state index is 0.109. The molecule has 1 saturated heterocycles. The second kappa shape index (κ2) is 15.5. The molecule has 1 aliphatic rings. The van der Waals surface area contributed by atoms with E-state index in [1.54, 1.807) is 50.4 Å². The average Bonchev–Trinajstić information content (AvgIpc) is 2.99. The molecule has 3 aromatic rings. The molecule has 210 valence electrons. The minimum atomic E-state index is -0.687. The quantitative estimate of drug-likeness (QED) is 0.230. The van der Waals surface area contributed by atoms with Crippen molar-refractivity contribution in [3.63, 3.8) is 0 Å². The third-order valence-corrected chi connectivity index (χ3v) is 5.66. The van der Waals surface area contributed by atoms with E-state index in [2.05, 4.69) is 5.32 Å². The lowest BCUT2D eigenvalue weighted by molar-refractivity contribution is -0.156. The zero-order chi connectivity index (χ0) is 28.7. The van der Waals surface area contributed by atoms with Crippen molar-refractivity contribution in [2.24, 2.45) is 0 Å². The third kappa shape index (κ3) is 9.79. The number of rotatable bonds is 10. The summed E-state index contributed by atoms with van der Waals surface area (Å²) >= 11 is 0. The molecule has 1 N–H and O–H groups in total. The summed E-state index contributed by atoms with van der Waals surface area (Å²) in [6.45, 7) is 2.07. The number of hydrogen-bond acceptors (Lipinski definition) is 8. The van der Waals surface area contributed by atoms with Crippen LogP contribution in [-0.4, -0.2) is 55.1 Å². The topological polar surface area (TPSA) is 120 Å². The standard InChI is InChI=1S/C21H22N2O6.C9H10O2/c1-27-17-9-7-16(8-10-17)13-28-19(24)12-23-11-18(20(23)25)22-21(26)29-14-15-5-3-2-4-6-15;1-2-9(10)11-8-6-4-3-5-7-8/h2-10,18H,11-14H2,1H3,(H,22,26);3-7H,2H2,1H3. The van der Waals surface area contributed by atoms with Crippen LogP contribution in [0.25, 0.3) is 0 Å². The number of β-lactam (4-membered cyclic amide) rings is 1. The Balaban J connectivity index is 0.000000336. The maximum Gasteiger partial charge on any atom is 0.408 e. The largest absolute Gasteiger partial charge is 0.497 e. The normalized spacial score (nSPS) is 13.6. The minimum Gasteiger partial charge on any atom is -0.497 e. The number of esters is 2. The van der Waals surface area contributed by atoms with Crippen molar-refractivity contribution >= 4 is 23.9 Å². The highest BCUT2D eigenvalue weighted by molar-refractivity contribution is 5.93. The fraction of sp³-hybridized carbons (Fsp3) is 0.267. The number of carbonyl (C=O) groups excluding carboxylic acids is 4. The molecule has 0 aliphatic carbocycles. The van der Waals surface area contributed by atoms with Crippen LogP contribution in [0.4, 0.5) is 4.79 Å². The number of amides is 2. The second-order valence-electron chi connectivity index (χ2n) is 8.63. The number of ether oxygens (including phenoxy) is 4. The number of methoxy groups -OCH3 is 1. The number of para-hydroxylation sites is 1. The van der Waals surface area contributed by atoms with Gasteiger partial charge in [0, 0.05) is 6.42 Å². The van der Waals surface area contributed by atoms with Gasteiger partial charge < -0.3 is 29.2 Å². The van der Waals surface area contributed by atoms with Crippen molar-refractivity contribution in [1.29, 1.82) is 0 Å². The maximum absolute atomic E-state index is 12.1. The number of likely N-dealkylation sites (tertiary alicyclic amines) is 1. The van der Waals surface area contributed by atoms with Gasteiger partial charge in [0.15, 0.2) is 0 Å². The fourth-order valence-electron chi connectivity index (χ4n) is 3.43. The summed E-state index contributed by atoms with van der Waals surface area (Å²) in [6.07, 6.45) is -0.261. The molecule has 2 amide bonds. The van der Waals surface area contributed by atoms with Gasteiger partial charge in [-0.3, -0.25) is 14.4 Å². The van der Waals surface area contributed by atoms with Crippen molar-refractivity contribution in [2.75, 3.05) is 20.2 Å². The molecule has 3 aromatic carbocycles. The van der Waals surface area contributed by atoms with Crippen molar-refractivity contribution in [2.45, 2.75) is 32.6 Å². The Hall–Kier alpha value is -4.86. The Morgan fingerprint density at radius 3 is 2.00 bits per heavy atom. The van der Waals surface area contributed by atoms with Crippen LogP contribution >= 0.6 is 0 Å². The molecule has 10 heteroatoms. The van der Waals surface area contributed by atoms with Gasteiger partial charge in [0.05, 0.1) is 13.7 Å². The van der Waals surface area contributed by atoms with E-state index in [4.69, 9.17) is 18.9 Å². The first-order valence-corrected chi connectivity index (χ1v) is 12.7. The van der Waals surface area contributed by atoms with Crippen LogP contribution in [0, 0.1) is 0 Å². The number of hydrogen-bond donors (Lipinski definition) is 1. The summed E-state index contributed by atoms with van der Waals surface area (Å²) in [7, 11) is 1.57. The molecule has 40 heavy (non-hydrogen) atoms. The Bertz CT molecular complexity index is 1250. The van der Waals surface area contributed by atoms with Crippen molar-refractivity contribution < 1.29 is 38.1 Å². The Labute approximate surface area is 232 Å². The van der Waals surface area contributed by atoms with Crippen LogP contribution in [0.2, 0.25) is 0 Å². The van der Waals surface area contributed by atoms with E-state index in [0.717, 1.165) is 11.1 Å². The Morgan fingerprint density at radius 2 is 1.40 bits per heavy atom. The van der Waals surface area contributed by atoms with Gasteiger partial charge in [-0.2, -0.15) is 0 Å². The molecule has 0 aromatic heterocycles. The lowest BCUT2D eigenvalue weighted by Crippen LogP contribution is -2.64. The predicted octanol–water partition coefficient (Wildman–Crippen LogP) is 3.88. The van der Waals surface area contributed by atoms with E-state index in [1.807, 2.05) is 48.5 Å². The Kier molecular flexibility index (Phi) is 11.5. The van der Waals surface area contributed by atoms with Gasteiger partial charge in [0.2, 0.25) is 5.91 Å². The highest BCUT2D eigenvalue weighted by atomic mass is 16.6. The number of nitrogens with zero attached hydrogens (tertiary/aromatic N) is 1. The summed E-state index contributed by atoms with van der Waals surface area (Å²) in [6, 6.07) is 24.7. The van der Waals surface area contributed by atoms with Crippen LogP contribution in [0.15, 0.2) is 84.9 Å². The van der Waals surface area contributed by atoms with Gasteiger partial charge in [0.1, 0.15) is 37.3 Å². The highest BCUT2D eigenvalue weighted by Gasteiger charge is 2.39. The van der Waals surface area contributed by atoms with Gasteiger partial charge in [-0.15, -0.1) is 0 Å². The molecular weight excluding hydrogens is 516 g/mol. The zero-order valence-corrected chi connectivity index (χ0v) is 22.4. The molecule has 10 nitrogen and oxygen atoms in total. The van der Waals surface area contributed by atoms with Crippen LogP contribution in [0.5, 0.6) is 11.5 Å². The molecule has 0 saturated carbocycles.